The summed E-state index contributed by atoms with van der Waals surface area (Å²) < 4.78 is 0. The first-order valence-electron chi connectivity index (χ1n) is 10.2. The zero-order chi connectivity index (χ0) is 20.1. The molecule has 5 rings (SSSR count). The number of nitrogens with zero attached hydrogens (tertiary/aromatic N) is 1. The highest BCUT2D eigenvalue weighted by atomic mass is 16.2. The van der Waals surface area contributed by atoms with Gasteiger partial charge in [-0.15, -0.1) is 0 Å². The normalized spacial score (nSPS) is 29.3. The molecule has 1 heterocycles. The second kappa shape index (κ2) is 6.83. The van der Waals surface area contributed by atoms with Crippen molar-refractivity contribution in [3.8, 4) is 0 Å². The molecule has 2 bridgehead atoms. The first-order valence-corrected chi connectivity index (χ1v) is 10.2. The van der Waals surface area contributed by atoms with E-state index in [1.165, 1.54) is 0 Å². The molecule has 0 radical (unpaired) electrons. The number of amides is 4. The van der Waals surface area contributed by atoms with Crippen LogP contribution in [0.2, 0.25) is 0 Å². The zero-order valence-corrected chi connectivity index (χ0v) is 16.0. The van der Waals surface area contributed by atoms with Gasteiger partial charge in [-0.25, -0.2) is 0 Å². The maximum Gasteiger partial charge on any atom is 0.240 e. The summed E-state index contributed by atoms with van der Waals surface area (Å²) in [5, 5.41) is 5.66. The number of imide groups is 1. The molecule has 29 heavy (non-hydrogen) atoms. The van der Waals surface area contributed by atoms with E-state index in [-0.39, 0.29) is 66.3 Å². The molecule has 3 fully saturated rings. The SMILES string of the molecule is O=C(CN1C(=O)C2C3C=CC(C3)C2C1=O)NCc1cccc(NC(=O)C2CC2)c1. The third-order valence-electron chi connectivity index (χ3n) is 6.50. The molecule has 4 amide bonds. The van der Waals surface area contributed by atoms with Gasteiger partial charge in [0.1, 0.15) is 6.54 Å². The van der Waals surface area contributed by atoms with Crippen molar-refractivity contribution in [1.82, 2.24) is 10.2 Å². The summed E-state index contributed by atoms with van der Waals surface area (Å²) >= 11 is 0. The molecule has 1 saturated heterocycles. The average Bonchev–Trinajstić information content (AvgIpc) is 3.30. The Kier molecular flexibility index (Phi) is 4.26. The third-order valence-corrected chi connectivity index (χ3v) is 6.50. The molecule has 150 valence electrons. The maximum atomic E-state index is 12.7. The summed E-state index contributed by atoms with van der Waals surface area (Å²) in [5.74, 6) is -0.904. The molecule has 1 aliphatic heterocycles. The van der Waals surface area contributed by atoms with Crippen molar-refractivity contribution in [3.05, 3.63) is 42.0 Å². The second-order valence-electron chi connectivity index (χ2n) is 8.50. The number of hydrogen-bond acceptors (Lipinski definition) is 4. The second-order valence-corrected chi connectivity index (χ2v) is 8.50. The van der Waals surface area contributed by atoms with Crippen molar-refractivity contribution in [3.63, 3.8) is 0 Å². The summed E-state index contributed by atoms with van der Waals surface area (Å²) in [6.07, 6.45) is 6.83. The molecule has 4 aliphatic rings. The van der Waals surface area contributed by atoms with Gasteiger partial charge in [0.15, 0.2) is 0 Å². The Balaban J connectivity index is 1.16. The predicted octanol–water partition coefficient (Wildman–Crippen LogP) is 1.46. The Morgan fingerprint density at radius 2 is 1.72 bits per heavy atom. The Labute approximate surface area is 168 Å². The Bertz CT molecular complexity index is 906. The fourth-order valence-corrected chi connectivity index (χ4v) is 4.87. The standard InChI is InChI=1S/C22H23N3O4/c26-17(11-25-21(28)18-14-6-7-15(9-14)19(18)22(25)29)23-10-12-2-1-3-16(8-12)24-20(27)13-4-5-13/h1-3,6-8,13-15,18-19H,4-5,9-11H2,(H,23,26)(H,24,27). The van der Waals surface area contributed by atoms with Crippen LogP contribution in [0.15, 0.2) is 36.4 Å². The van der Waals surface area contributed by atoms with Gasteiger partial charge in [0.2, 0.25) is 23.6 Å². The number of nitrogens with one attached hydrogen (secondary N) is 2. The van der Waals surface area contributed by atoms with E-state index in [1.54, 1.807) is 0 Å². The lowest BCUT2D eigenvalue weighted by Gasteiger charge is -2.17. The fourth-order valence-electron chi connectivity index (χ4n) is 4.87. The maximum absolute atomic E-state index is 12.7. The largest absolute Gasteiger partial charge is 0.350 e. The number of anilines is 1. The van der Waals surface area contributed by atoms with Crippen LogP contribution in [0.5, 0.6) is 0 Å². The minimum atomic E-state index is -0.362. The highest BCUT2D eigenvalue weighted by molar-refractivity contribution is 6.08. The van der Waals surface area contributed by atoms with Crippen molar-refractivity contribution < 1.29 is 19.2 Å². The number of allylic oxidation sites excluding steroid dienone is 2. The van der Waals surface area contributed by atoms with Crippen LogP contribution < -0.4 is 10.6 Å². The predicted molar refractivity (Wildman–Crippen MR) is 104 cm³/mol. The van der Waals surface area contributed by atoms with Crippen LogP contribution in [-0.2, 0) is 25.7 Å². The molecule has 4 atom stereocenters. The number of rotatable bonds is 6. The number of carbonyl (C=O) groups excluding carboxylic acids is 4. The van der Waals surface area contributed by atoms with Crippen LogP contribution in [-0.4, -0.2) is 35.1 Å². The monoisotopic (exact) mass is 393 g/mol. The molecule has 7 nitrogen and oxygen atoms in total. The smallest absolute Gasteiger partial charge is 0.240 e. The van der Waals surface area contributed by atoms with Gasteiger partial charge in [-0.1, -0.05) is 24.3 Å². The number of fused-ring (bicyclic) bond motifs is 5. The molecule has 7 heteroatoms. The van der Waals surface area contributed by atoms with Gasteiger partial charge >= 0.3 is 0 Å². The van der Waals surface area contributed by atoms with Gasteiger partial charge in [0, 0.05) is 18.2 Å². The van der Waals surface area contributed by atoms with Crippen molar-refractivity contribution >= 4 is 29.3 Å². The fraction of sp³-hybridized carbons (Fsp3) is 0.455. The van der Waals surface area contributed by atoms with Crippen molar-refractivity contribution in [1.29, 1.82) is 0 Å². The van der Waals surface area contributed by atoms with Gasteiger partial charge in [-0.3, -0.25) is 24.1 Å². The molecule has 2 N–H and O–H groups in total. The summed E-state index contributed by atoms with van der Waals surface area (Å²) in [6, 6.07) is 7.31. The lowest BCUT2D eigenvalue weighted by atomic mass is 9.85. The van der Waals surface area contributed by atoms with E-state index in [1.807, 2.05) is 36.4 Å². The van der Waals surface area contributed by atoms with Crippen LogP contribution in [0.4, 0.5) is 5.69 Å². The highest BCUT2D eigenvalue weighted by Crippen LogP contribution is 2.52. The van der Waals surface area contributed by atoms with Crippen molar-refractivity contribution in [2.75, 3.05) is 11.9 Å². The van der Waals surface area contributed by atoms with E-state index in [0.29, 0.717) is 5.69 Å². The van der Waals surface area contributed by atoms with Gasteiger partial charge in [-0.2, -0.15) is 0 Å². The Hall–Kier alpha value is -2.96. The van der Waals surface area contributed by atoms with Gasteiger partial charge in [0.05, 0.1) is 11.8 Å². The third kappa shape index (κ3) is 3.24. The number of benzene rings is 1. The molecule has 3 aliphatic carbocycles. The quantitative estimate of drug-likeness (QED) is 0.565. The molecule has 4 unspecified atom stereocenters. The lowest BCUT2D eigenvalue weighted by Crippen LogP contribution is -2.41. The van der Waals surface area contributed by atoms with Crippen LogP contribution in [0.1, 0.15) is 24.8 Å². The van der Waals surface area contributed by atoms with E-state index in [4.69, 9.17) is 0 Å². The minimum absolute atomic E-state index is 0.0336. The van der Waals surface area contributed by atoms with Crippen LogP contribution in [0, 0.1) is 29.6 Å². The lowest BCUT2D eigenvalue weighted by molar-refractivity contribution is -0.144. The molecule has 2 saturated carbocycles. The molecular weight excluding hydrogens is 370 g/mol. The van der Waals surface area contributed by atoms with Crippen LogP contribution >= 0.6 is 0 Å². The highest BCUT2D eigenvalue weighted by Gasteiger charge is 2.59. The number of likely N-dealkylation sites (tertiary alicyclic amines) is 1. The summed E-state index contributed by atoms with van der Waals surface area (Å²) in [7, 11) is 0. The molecule has 1 aromatic rings. The van der Waals surface area contributed by atoms with Gasteiger partial charge in [0.25, 0.3) is 0 Å². The summed E-state index contributed by atoms with van der Waals surface area (Å²) in [4.78, 5) is 50.7. The zero-order valence-electron chi connectivity index (χ0n) is 16.0. The topological polar surface area (TPSA) is 95.6 Å². The number of hydrogen-bond donors (Lipinski definition) is 2. The molecule has 1 aromatic carbocycles. The average molecular weight is 393 g/mol. The van der Waals surface area contributed by atoms with E-state index < -0.39 is 0 Å². The molecule has 0 spiro atoms. The summed E-state index contributed by atoms with van der Waals surface area (Å²) in [6.45, 7) is 0.0318. The van der Waals surface area contributed by atoms with Crippen LogP contribution in [0.25, 0.3) is 0 Å². The van der Waals surface area contributed by atoms with Crippen molar-refractivity contribution in [2.45, 2.75) is 25.8 Å². The van der Waals surface area contributed by atoms with Crippen molar-refractivity contribution in [2.24, 2.45) is 29.6 Å². The van der Waals surface area contributed by atoms with E-state index >= 15 is 0 Å². The molecule has 0 aromatic heterocycles. The van der Waals surface area contributed by atoms with Crippen LogP contribution in [0.3, 0.4) is 0 Å². The number of carbonyl (C=O) groups is 4. The van der Waals surface area contributed by atoms with E-state index in [9.17, 15) is 19.2 Å². The first kappa shape index (κ1) is 18.1. The Morgan fingerprint density at radius 1 is 1.03 bits per heavy atom. The van der Waals surface area contributed by atoms with Gasteiger partial charge in [-0.05, 0) is 48.8 Å². The minimum Gasteiger partial charge on any atom is -0.350 e. The molecular formula is C22H23N3O4. The summed E-state index contributed by atoms with van der Waals surface area (Å²) in [5.41, 5.74) is 1.54. The van der Waals surface area contributed by atoms with Gasteiger partial charge < -0.3 is 10.6 Å². The Morgan fingerprint density at radius 3 is 2.38 bits per heavy atom. The van der Waals surface area contributed by atoms with E-state index in [0.717, 1.165) is 29.7 Å². The van der Waals surface area contributed by atoms with E-state index in [2.05, 4.69) is 10.6 Å². The first-order chi connectivity index (χ1) is 14.0.